The topological polar surface area (TPSA) is 26.0 Å². The smallest absolute Gasteiger partial charge is 0.0269 e. The van der Waals surface area contributed by atoms with Crippen molar-refractivity contribution in [3.63, 3.8) is 0 Å². The van der Waals surface area contributed by atoms with Crippen LogP contribution in [0.25, 0.3) is 5.57 Å². The molecule has 0 amide bonds. The SMILES string of the molecule is C=C(C)C/C=C(\c1ccccc1C)C(C)N. The Morgan fingerprint density at radius 3 is 2.56 bits per heavy atom. The van der Waals surface area contributed by atoms with Crippen LogP contribution in [0.4, 0.5) is 0 Å². The van der Waals surface area contributed by atoms with Gasteiger partial charge in [0.05, 0.1) is 0 Å². The summed E-state index contributed by atoms with van der Waals surface area (Å²) in [4.78, 5) is 0. The molecule has 0 heterocycles. The lowest BCUT2D eigenvalue weighted by Gasteiger charge is -2.14. The first-order valence-corrected chi connectivity index (χ1v) is 5.68. The number of benzene rings is 1. The van der Waals surface area contributed by atoms with Crippen LogP contribution in [0.1, 0.15) is 31.4 Å². The van der Waals surface area contributed by atoms with Gasteiger partial charge in [-0.15, -0.1) is 0 Å². The first-order valence-electron chi connectivity index (χ1n) is 5.68. The van der Waals surface area contributed by atoms with Crippen molar-refractivity contribution in [3.05, 3.63) is 53.6 Å². The van der Waals surface area contributed by atoms with Gasteiger partial charge in [-0.2, -0.15) is 0 Å². The predicted molar refractivity (Wildman–Crippen MR) is 72.2 cm³/mol. The molecule has 0 aliphatic carbocycles. The normalized spacial score (nSPS) is 13.6. The minimum Gasteiger partial charge on any atom is -0.324 e. The van der Waals surface area contributed by atoms with Crippen molar-refractivity contribution >= 4 is 5.57 Å². The molecule has 1 atom stereocenters. The standard InChI is InChI=1S/C15H21N/c1-11(2)9-10-15(13(4)16)14-8-6-5-7-12(14)3/h5-8,10,13H,1,9,16H2,2-4H3/b15-10-. The number of allylic oxidation sites excluding steroid dienone is 2. The maximum absolute atomic E-state index is 6.03. The van der Waals surface area contributed by atoms with Gasteiger partial charge in [0.1, 0.15) is 0 Å². The van der Waals surface area contributed by atoms with E-state index < -0.39 is 0 Å². The van der Waals surface area contributed by atoms with Gasteiger partial charge in [0.25, 0.3) is 0 Å². The molecule has 1 nitrogen and oxygen atoms in total. The summed E-state index contributed by atoms with van der Waals surface area (Å²) in [5.74, 6) is 0. The molecule has 0 aliphatic heterocycles. The van der Waals surface area contributed by atoms with E-state index in [0.29, 0.717) is 0 Å². The first kappa shape index (κ1) is 12.7. The van der Waals surface area contributed by atoms with Crippen LogP contribution in [0.3, 0.4) is 0 Å². The fraction of sp³-hybridized carbons (Fsp3) is 0.333. The van der Waals surface area contributed by atoms with Crippen LogP contribution in [0.5, 0.6) is 0 Å². The van der Waals surface area contributed by atoms with Crippen molar-refractivity contribution in [3.8, 4) is 0 Å². The highest BCUT2D eigenvalue weighted by molar-refractivity contribution is 5.71. The zero-order valence-corrected chi connectivity index (χ0v) is 10.5. The molecular formula is C15H21N. The monoisotopic (exact) mass is 215 g/mol. The van der Waals surface area contributed by atoms with Gasteiger partial charge in [-0.3, -0.25) is 0 Å². The van der Waals surface area contributed by atoms with E-state index in [1.54, 1.807) is 0 Å². The third-order valence-corrected chi connectivity index (χ3v) is 2.62. The second-order valence-corrected chi connectivity index (χ2v) is 4.42. The lowest BCUT2D eigenvalue weighted by Crippen LogP contribution is -2.17. The van der Waals surface area contributed by atoms with Crippen molar-refractivity contribution in [1.82, 2.24) is 0 Å². The fourth-order valence-electron chi connectivity index (χ4n) is 1.72. The zero-order valence-electron chi connectivity index (χ0n) is 10.5. The van der Waals surface area contributed by atoms with Crippen LogP contribution in [-0.4, -0.2) is 6.04 Å². The van der Waals surface area contributed by atoms with Crippen LogP contribution in [-0.2, 0) is 0 Å². The third kappa shape index (κ3) is 3.35. The summed E-state index contributed by atoms with van der Waals surface area (Å²) in [6.45, 7) is 10.1. The summed E-state index contributed by atoms with van der Waals surface area (Å²) >= 11 is 0. The van der Waals surface area contributed by atoms with Gasteiger partial charge in [0, 0.05) is 6.04 Å². The molecule has 1 aromatic rings. The molecule has 0 spiro atoms. The highest BCUT2D eigenvalue weighted by atomic mass is 14.6. The lowest BCUT2D eigenvalue weighted by molar-refractivity contribution is 0.938. The van der Waals surface area contributed by atoms with Gasteiger partial charge < -0.3 is 5.73 Å². The van der Waals surface area contributed by atoms with E-state index in [-0.39, 0.29) is 6.04 Å². The summed E-state index contributed by atoms with van der Waals surface area (Å²) in [7, 11) is 0. The fourth-order valence-corrected chi connectivity index (χ4v) is 1.72. The lowest BCUT2D eigenvalue weighted by atomic mass is 9.94. The van der Waals surface area contributed by atoms with Crippen molar-refractivity contribution in [1.29, 1.82) is 0 Å². The molecule has 1 heteroatoms. The number of nitrogens with two attached hydrogens (primary N) is 1. The maximum Gasteiger partial charge on any atom is 0.0269 e. The highest BCUT2D eigenvalue weighted by Crippen LogP contribution is 2.22. The summed E-state index contributed by atoms with van der Waals surface area (Å²) in [5.41, 5.74) is 10.9. The molecule has 2 N–H and O–H groups in total. The molecule has 0 saturated carbocycles. The van der Waals surface area contributed by atoms with Gasteiger partial charge in [-0.05, 0) is 43.9 Å². The van der Waals surface area contributed by atoms with Gasteiger partial charge in [-0.1, -0.05) is 42.5 Å². The Morgan fingerprint density at radius 2 is 2.06 bits per heavy atom. The van der Waals surface area contributed by atoms with Gasteiger partial charge in [0.2, 0.25) is 0 Å². The molecule has 1 rings (SSSR count). The van der Waals surface area contributed by atoms with Crippen molar-refractivity contribution in [2.75, 3.05) is 0 Å². The summed E-state index contributed by atoms with van der Waals surface area (Å²) in [6.07, 6.45) is 3.08. The molecule has 0 fully saturated rings. The van der Waals surface area contributed by atoms with Crippen LogP contribution < -0.4 is 5.73 Å². The molecule has 0 saturated heterocycles. The zero-order chi connectivity index (χ0) is 12.1. The number of hydrogen-bond donors (Lipinski definition) is 1. The Balaban J connectivity index is 3.08. The van der Waals surface area contributed by atoms with Crippen molar-refractivity contribution in [2.45, 2.75) is 33.2 Å². The molecule has 86 valence electrons. The van der Waals surface area contributed by atoms with E-state index in [0.717, 1.165) is 12.0 Å². The number of rotatable bonds is 4. The van der Waals surface area contributed by atoms with E-state index >= 15 is 0 Å². The molecule has 0 radical (unpaired) electrons. The van der Waals surface area contributed by atoms with Crippen LogP contribution in [0, 0.1) is 6.92 Å². The molecule has 0 bridgehead atoms. The van der Waals surface area contributed by atoms with E-state index in [4.69, 9.17) is 5.73 Å². The average Bonchev–Trinajstić information content (AvgIpc) is 2.20. The predicted octanol–water partition coefficient (Wildman–Crippen LogP) is 3.69. The summed E-state index contributed by atoms with van der Waals surface area (Å²) < 4.78 is 0. The van der Waals surface area contributed by atoms with Crippen LogP contribution >= 0.6 is 0 Å². The van der Waals surface area contributed by atoms with Crippen LogP contribution in [0.2, 0.25) is 0 Å². The highest BCUT2D eigenvalue weighted by Gasteiger charge is 2.08. The Bertz CT molecular complexity index is 400. The second-order valence-electron chi connectivity index (χ2n) is 4.42. The second kappa shape index (κ2) is 5.66. The number of hydrogen-bond acceptors (Lipinski definition) is 1. The van der Waals surface area contributed by atoms with Gasteiger partial charge in [-0.25, -0.2) is 0 Å². The largest absolute Gasteiger partial charge is 0.324 e. The van der Waals surface area contributed by atoms with Gasteiger partial charge >= 0.3 is 0 Å². The van der Waals surface area contributed by atoms with E-state index in [1.165, 1.54) is 16.7 Å². The van der Waals surface area contributed by atoms with Crippen molar-refractivity contribution < 1.29 is 0 Å². The third-order valence-electron chi connectivity index (χ3n) is 2.62. The minimum absolute atomic E-state index is 0.0560. The van der Waals surface area contributed by atoms with Crippen molar-refractivity contribution in [2.24, 2.45) is 5.73 Å². The quantitative estimate of drug-likeness (QED) is 0.762. The molecule has 1 unspecified atom stereocenters. The molecule has 0 aromatic heterocycles. The molecule has 1 aromatic carbocycles. The van der Waals surface area contributed by atoms with E-state index in [9.17, 15) is 0 Å². The van der Waals surface area contributed by atoms with E-state index in [1.807, 2.05) is 13.8 Å². The van der Waals surface area contributed by atoms with Gasteiger partial charge in [0.15, 0.2) is 0 Å². The van der Waals surface area contributed by atoms with Crippen LogP contribution in [0.15, 0.2) is 42.5 Å². The summed E-state index contributed by atoms with van der Waals surface area (Å²) in [5, 5.41) is 0. The number of aryl methyl sites for hydroxylation is 1. The summed E-state index contributed by atoms with van der Waals surface area (Å²) in [6, 6.07) is 8.41. The maximum atomic E-state index is 6.03. The Kier molecular flexibility index (Phi) is 4.51. The Labute approximate surface area is 98.7 Å². The van der Waals surface area contributed by atoms with E-state index in [2.05, 4.69) is 43.8 Å². The molecular weight excluding hydrogens is 194 g/mol. The average molecular weight is 215 g/mol. The Hall–Kier alpha value is -1.34. The molecule has 0 aliphatic rings. The Morgan fingerprint density at radius 1 is 1.44 bits per heavy atom. The minimum atomic E-state index is 0.0560. The first-order chi connectivity index (χ1) is 7.52. The molecule has 16 heavy (non-hydrogen) atoms.